The number of aliphatic hydroxyl groups is 3. The minimum Gasteiger partial charge on any atom is -0.463 e. The van der Waals surface area contributed by atoms with Crippen LogP contribution in [0.3, 0.4) is 0 Å². The monoisotopic (exact) mass is 940 g/mol. The summed E-state index contributed by atoms with van der Waals surface area (Å²) in [5, 5.41) is 30.0. The van der Waals surface area contributed by atoms with E-state index < -0.39 is 85.5 Å². The van der Waals surface area contributed by atoms with Crippen LogP contribution in [0.2, 0.25) is 0 Å². The third kappa shape index (κ3) is 43.7. The van der Waals surface area contributed by atoms with E-state index in [0.29, 0.717) is 12.8 Å². The standard InChI is InChI=1S/C47H74O15P2/c1-3-5-7-9-11-13-15-17-18-19-20-21-22-24-26-28-30-32-34-36-47(52)58-38-44(49)40-60-64(55,56)62-42-45(50)41-61-63(53,54)59-39-43(48)37-57-46(51)35-33-31-29-27-25-23-16-14-12-10-8-6-4-2/h5-22,24,26,43-45,48-50H,3-4,23,25,27-42H2,1-2H3,(H,53,54)(H,55,56)/b7-5+,8-6+,11-9+,12-10+,15-13-,16-14-,18-17+,20-19+,22-21+,26-24+. The number of phosphoric ester groups is 2. The number of unbranched alkanes of at least 4 members (excludes halogenated alkanes) is 8. The van der Waals surface area contributed by atoms with Crippen molar-refractivity contribution in [3.63, 3.8) is 0 Å². The number of allylic oxidation sites excluding steroid dienone is 20. The van der Waals surface area contributed by atoms with Gasteiger partial charge < -0.3 is 34.6 Å². The molecular weight excluding hydrogens is 866 g/mol. The predicted octanol–water partition coefficient (Wildman–Crippen LogP) is 9.49. The van der Waals surface area contributed by atoms with Gasteiger partial charge in [-0.1, -0.05) is 161 Å². The molecule has 5 N–H and O–H groups in total. The number of rotatable bonds is 40. The third-order valence-corrected chi connectivity index (χ3v) is 10.1. The van der Waals surface area contributed by atoms with E-state index in [1.54, 1.807) is 0 Å². The first-order chi connectivity index (χ1) is 30.8. The molecule has 362 valence electrons. The average molecular weight is 941 g/mol. The number of phosphoric acid groups is 2. The Balaban J connectivity index is 4.03. The molecule has 0 aliphatic rings. The lowest BCUT2D eigenvalue weighted by Crippen LogP contribution is -2.25. The number of carbonyl (C=O) groups is 2. The highest BCUT2D eigenvalue weighted by molar-refractivity contribution is 7.47. The largest absolute Gasteiger partial charge is 0.472 e. The highest BCUT2D eigenvalue weighted by Gasteiger charge is 2.28. The zero-order chi connectivity index (χ0) is 47.4. The molecule has 5 unspecified atom stereocenters. The zero-order valence-corrected chi connectivity index (χ0v) is 39.4. The number of ether oxygens (including phenoxy) is 2. The van der Waals surface area contributed by atoms with Crippen molar-refractivity contribution in [3.05, 3.63) is 122 Å². The van der Waals surface area contributed by atoms with E-state index in [-0.39, 0.29) is 12.8 Å². The molecule has 0 heterocycles. The molecule has 0 radical (unpaired) electrons. The Labute approximate surface area is 381 Å². The van der Waals surface area contributed by atoms with Crippen molar-refractivity contribution in [2.24, 2.45) is 0 Å². The smallest absolute Gasteiger partial charge is 0.463 e. The van der Waals surface area contributed by atoms with Gasteiger partial charge in [0.25, 0.3) is 0 Å². The molecule has 0 spiro atoms. The fraction of sp³-hybridized carbons (Fsp3) is 0.532. The molecule has 0 bridgehead atoms. The molecule has 0 aromatic rings. The highest BCUT2D eigenvalue weighted by atomic mass is 31.2. The summed E-state index contributed by atoms with van der Waals surface area (Å²) in [6, 6.07) is 0. The van der Waals surface area contributed by atoms with E-state index in [0.717, 1.165) is 64.2 Å². The van der Waals surface area contributed by atoms with E-state index in [4.69, 9.17) is 9.47 Å². The second kappa shape index (κ2) is 42.1. The lowest BCUT2D eigenvalue weighted by Gasteiger charge is -2.19. The van der Waals surface area contributed by atoms with Crippen molar-refractivity contribution >= 4 is 27.6 Å². The minimum atomic E-state index is -4.81. The summed E-state index contributed by atoms with van der Waals surface area (Å²) >= 11 is 0. The molecule has 0 saturated heterocycles. The van der Waals surface area contributed by atoms with Crippen LogP contribution in [0.25, 0.3) is 0 Å². The van der Waals surface area contributed by atoms with E-state index in [9.17, 15) is 43.8 Å². The van der Waals surface area contributed by atoms with Gasteiger partial charge in [0.15, 0.2) is 0 Å². The van der Waals surface area contributed by atoms with Crippen LogP contribution in [0.15, 0.2) is 122 Å². The summed E-state index contributed by atoms with van der Waals surface area (Å²) in [7, 11) is -9.60. The summed E-state index contributed by atoms with van der Waals surface area (Å²) in [5.74, 6) is -1.07. The Kier molecular flexibility index (Phi) is 39.8. The van der Waals surface area contributed by atoms with Crippen molar-refractivity contribution in [2.45, 2.75) is 122 Å². The molecule has 0 aliphatic carbocycles. The third-order valence-electron chi connectivity index (χ3n) is 8.17. The first-order valence-corrected chi connectivity index (χ1v) is 25.0. The van der Waals surface area contributed by atoms with Gasteiger partial charge in [-0.25, -0.2) is 9.13 Å². The molecule has 5 atom stereocenters. The summed E-state index contributed by atoms with van der Waals surface area (Å²) in [4.78, 5) is 43.6. The molecule has 0 amide bonds. The maximum Gasteiger partial charge on any atom is 0.472 e. The summed E-state index contributed by atoms with van der Waals surface area (Å²) in [6.45, 7) is -0.00182. The molecular formula is C47H74O15P2. The first-order valence-electron chi connectivity index (χ1n) is 22.0. The van der Waals surface area contributed by atoms with Gasteiger partial charge in [-0.3, -0.25) is 27.7 Å². The van der Waals surface area contributed by atoms with Crippen molar-refractivity contribution in [1.29, 1.82) is 0 Å². The Morgan fingerprint density at radius 3 is 1.02 bits per heavy atom. The van der Waals surface area contributed by atoms with Crippen molar-refractivity contribution in [3.8, 4) is 0 Å². The van der Waals surface area contributed by atoms with Crippen molar-refractivity contribution in [1.82, 2.24) is 0 Å². The van der Waals surface area contributed by atoms with E-state index in [1.807, 2.05) is 103 Å². The van der Waals surface area contributed by atoms with Gasteiger partial charge in [-0.15, -0.1) is 0 Å². The molecule has 0 saturated carbocycles. The first kappa shape index (κ1) is 60.4. The molecule has 17 heteroatoms. The van der Waals surface area contributed by atoms with Gasteiger partial charge in [0.1, 0.15) is 31.5 Å². The molecule has 0 aromatic carbocycles. The number of carbonyl (C=O) groups excluding carboxylic acids is 2. The maximum absolute atomic E-state index is 12.1. The van der Waals surface area contributed by atoms with Crippen LogP contribution >= 0.6 is 15.6 Å². The van der Waals surface area contributed by atoms with Gasteiger partial charge in [0.2, 0.25) is 0 Å². The van der Waals surface area contributed by atoms with Crippen LogP contribution in [0.1, 0.15) is 104 Å². The molecule has 0 aromatic heterocycles. The fourth-order valence-electron chi connectivity index (χ4n) is 4.78. The maximum atomic E-state index is 12.1. The Morgan fingerprint density at radius 2 is 0.672 bits per heavy atom. The van der Waals surface area contributed by atoms with Crippen LogP contribution in [0.5, 0.6) is 0 Å². The van der Waals surface area contributed by atoms with Crippen LogP contribution in [-0.2, 0) is 46.3 Å². The number of aliphatic hydroxyl groups excluding tert-OH is 3. The number of esters is 2. The van der Waals surface area contributed by atoms with Gasteiger partial charge >= 0.3 is 27.6 Å². The predicted molar refractivity (Wildman–Crippen MR) is 251 cm³/mol. The van der Waals surface area contributed by atoms with Crippen LogP contribution in [0, 0.1) is 0 Å². The minimum absolute atomic E-state index is 0.135. The molecule has 15 nitrogen and oxygen atoms in total. The zero-order valence-electron chi connectivity index (χ0n) is 37.6. The molecule has 0 fully saturated rings. The topological polar surface area (TPSA) is 225 Å². The van der Waals surface area contributed by atoms with Gasteiger partial charge in [0, 0.05) is 12.8 Å². The normalized spacial score (nSPS) is 16.3. The Morgan fingerprint density at radius 1 is 0.406 bits per heavy atom. The molecule has 0 rings (SSSR count). The summed E-state index contributed by atoms with van der Waals surface area (Å²) in [6.07, 6.45) is 46.2. The van der Waals surface area contributed by atoms with E-state index >= 15 is 0 Å². The second-order valence-electron chi connectivity index (χ2n) is 14.2. The second-order valence-corrected chi connectivity index (χ2v) is 17.1. The average Bonchev–Trinajstić information content (AvgIpc) is 3.27. The van der Waals surface area contributed by atoms with Crippen LogP contribution in [0.4, 0.5) is 0 Å². The van der Waals surface area contributed by atoms with Gasteiger partial charge in [-0.05, 0) is 51.4 Å². The molecule has 0 aliphatic heterocycles. The quantitative estimate of drug-likeness (QED) is 0.0167. The Hall–Kier alpha value is -3.56. The van der Waals surface area contributed by atoms with E-state index in [2.05, 4.69) is 50.2 Å². The Bertz CT molecular complexity index is 1610. The lowest BCUT2D eigenvalue weighted by atomic mass is 10.1. The van der Waals surface area contributed by atoms with Crippen molar-refractivity contribution < 1.29 is 71.4 Å². The van der Waals surface area contributed by atoms with E-state index in [1.165, 1.54) is 0 Å². The number of hydrogen-bond acceptors (Lipinski definition) is 13. The van der Waals surface area contributed by atoms with Crippen LogP contribution in [-0.4, -0.2) is 95.0 Å². The fourth-order valence-corrected chi connectivity index (χ4v) is 6.37. The van der Waals surface area contributed by atoms with Gasteiger partial charge in [0.05, 0.1) is 26.4 Å². The molecule has 64 heavy (non-hydrogen) atoms. The van der Waals surface area contributed by atoms with Gasteiger partial charge in [-0.2, -0.15) is 0 Å². The van der Waals surface area contributed by atoms with Crippen LogP contribution < -0.4 is 0 Å². The lowest BCUT2D eigenvalue weighted by molar-refractivity contribution is -0.148. The highest BCUT2D eigenvalue weighted by Crippen LogP contribution is 2.45. The summed E-state index contributed by atoms with van der Waals surface area (Å²) in [5.41, 5.74) is 0. The SMILES string of the molecule is CC/C=C/C=C/C=C\C=C\C=C\C=C\C=C\CCCCCC(=O)OCC(O)COP(=O)(O)OCC(O)COP(=O)(O)OCC(O)COC(=O)CCCCCCC\C=C/C=C/C=C/CC. The van der Waals surface area contributed by atoms with Crippen molar-refractivity contribution in [2.75, 3.05) is 39.6 Å². The summed E-state index contributed by atoms with van der Waals surface area (Å²) < 4.78 is 52.8. The number of hydrogen-bond donors (Lipinski definition) is 5.